The molecule has 2 rings (SSSR count). The van der Waals surface area contributed by atoms with Crippen LogP contribution in [-0.2, 0) is 0 Å². The molecule has 0 aromatic heterocycles. The van der Waals surface area contributed by atoms with E-state index in [0.29, 0.717) is 11.5 Å². The van der Waals surface area contributed by atoms with Gasteiger partial charge in [-0.3, -0.25) is 10.1 Å². The highest BCUT2D eigenvalue weighted by Gasteiger charge is 2.34. The fourth-order valence-corrected chi connectivity index (χ4v) is 2.47. The van der Waals surface area contributed by atoms with Gasteiger partial charge in [0.2, 0.25) is 0 Å². The molecule has 1 aliphatic carbocycles. The molecule has 0 radical (unpaired) electrons. The molecule has 4 nitrogen and oxygen atoms in total. The molecule has 92 valence electrons. The average Bonchev–Trinajstić information content (AvgIpc) is 2.59. The van der Waals surface area contributed by atoms with Gasteiger partial charge in [-0.1, -0.05) is 20.3 Å². The van der Waals surface area contributed by atoms with Crippen molar-refractivity contribution in [1.82, 2.24) is 0 Å². The van der Waals surface area contributed by atoms with Gasteiger partial charge in [-0.15, -0.1) is 0 Å². The van der Waals surface area contributed by atoms with Crippen LogP contribution in [0, 0.1) is 15.5 Å². The van der Waals surface area contributed by atoms with Crippen LogP contribution in [-0.4, -0.2) is 11.0 Å². The first-order valence-electron chi connectivity index (χ1n) is 6.00. The van der Waals surface area contributed by atoms with Gasteiger partial charge in [-0.25, -0.2) is 0 Å². The van der Waals surface area contributed by atoms with Crippen molar-refractivity contribution < 1.29 is 4.92 Å². The van der Waals surface area contributed by atoms with E-state index in [9.17, 15) is 10.1 Å². The van der Waals surface area contributed by atoms with E-state index < -0.39 is 0 Å². The first-order valence-corrected chi connectivity index (χ1v) is 6.00. The van der Waals surface area contributed by atoms with Crippen LogP contribution in [0.4, 0.5) is 11.4 Å². The molecular formula is C13H18N2O2. The van der Waals surface area contributed by atoms with Crippen molar-refractivity contribution in [3.63, 3.8) is 0 Å². The third-order valence-electron chi connectivity index (χ3n) is 3.68. The van der Waals surface area contributed by atoms with E-state index in [2.05, 4.69) is 19.2 Å². The van der Waals surface area contributed by atoms with Gasteiger partial charge in [-0.05, 0) is 30.4 Å². The Kier molecular flexibility index (Phi) is 3.05. The number of nitro groups is 1. The lowest BCUT2D eigenvalue weighted by atomic mass is 9.87. The van der Waals surface area contributed by atoms with Crippen molar-refractivity contribution in [3.8, 4) is 0 Å². The van der Waals surface area contributed by atoms with Gasteiger partial charge in [0.25, 0.3) is 5.69 Å². The number of nitro benzene ring substituents is 1. The second kappa shape index (κ2) is 4.35. The smallest absolute Gasteiger partial charge is 0.269 e. The van der Waals surface area contributed by atoms with E-state index >= 15 is 0 Å². The summed E-state index contributed by atoms with van der Waals surface area (Å²) in [5.41, 5.74) is 1.42. The summed E-state index contributed by atoms with van der Waals surface area (Å²) in [5, 5.41) is 14.0. The van der Waals surface area contributed by atoms with Crippen LogP contribution in [0.1, 0.15) is 33.1 Å². The van der Waals surface area contributed by atoms with Gasteiger partial charge in [0.15, 0.2) is 0 Å². The normalized spacial score (nSPS) is 22.4. The zero-order valence-electron chi connectivity index (χ0n) is 10.3. The standard InChI is InChI=1S/C13H18N2O2/c1-13(2)9-3-4-12(13)14-10-5-7-11(8-6-10)15(16)17/h5-8,12,14H,3-4,9H2,1-2H3. The van der Waals surface area contributed by atoms with Crippen molar-refractivity contribution in [2.45, 2.75) is 39.2 Å². The molecule has 17 heavy (non-hydrogen) atoms. The van der Waals surface area contributed by atoms with E-state index in [4.69, 9.17) is 0 Å². The summed E-state index contributed by atoms with van der Waals surface area (Å²) in [7, 11) is 0. The average molecular weight is 234 g/mol. The highest BCUT2D eigenvalue weighted by atomic mass is 16.6. The molecule has 0 saturated heterocycles. The first-order chi connectivity index (χ1) is 7.99. The molecule has 0 amide bonds. The van der Waals surface area contributed by atoms with Crippen molar-refractivity contribution in [2.75, 3.05) is 5.32 Å². The molecule has 0 spiro atoms. The minimum Gasteiger partial charge on any atom is -0.382 e. The van der Waals surface area contributed by atoms with Gasteiger partial charge < -0.3 is 5.32 Å². The summed E-state index contributed by atoms with van der Waals surface area (Å²) in [4.78, 5) is 10.2. The zero-order valence-corrected chi connectivity index (χ0v) is 10.3. The lowest BCUT2D eigenvalue weighted by Gasteiger charge is -2.28. The molecule has 0 bridgehead atoms. The molecule has 0 heterocycles. The lowest BCUT2D eigenvalue weighted by Crippen LogP contribution is -2.30. The van der Waals surface area contributed by atoms with Crippen LogP contribution in [0.5, 0.6) is 0 Å². The predicted molar refractivity (Wildman–Crippen MR) is 68.1 cm³/mol. The maximum atomic E-state index is 10.5. The van der Waals surface area contributed by atoms with E-state index in [-0.39, 0.29) is 10.6 Å². The molecule has 0 aliphatic heterocycles. The Labute approximate surface area is 101 Å². The highest BCUT2D eigenvalue weighted by molar-refractivity contribution is 5.49. The van der Waals surface area contributed by atoms with Crippen LogP contribution in [0.2, 0.25) is 0 Å². The Morgan fingerprint density at radius 1 is 1.35 bits per heavy atom. The molecule has 4 heteroatoms. The minimum atomic E-state index is -0.372. The quantitative estimate of drug-likeness (QED) is 0.642. The number of nitrogens with zero attached hydrogens (tertiary/aromatic N) is 1. The molecular weight excluding hydrogens is 216 g/mol. The Morgan fingerprint density at radius 3 is 2.47 bits per heavy atom. The summed E-state index contributed by atoms with van der Waals surface area (Å²) in [5.74, 6) is 0. The summed E-state index contributed by atoms with van der Waals surface area (Å²) < 4.78 is 0. The number of anilines is 1. The largest absolute Gasteiger partial charge is 0.382 e. The third kappa shape index (κ3) is 2.57. The van der Waals surface area contributed by atoms with Crippen molar-refractivity contribution >= 4 is 11.4 Å². The third-order valence-corrected chi connectivity index (χ3v) is 3.68. The topological polar surface area (TPSA) is 55.2 Å². The SMILES string of the molecule is CC1(C)CCCC1Nc1ccc([N+](=O)[O-])cc1. The van der Waals surface area contributed by atoms with E-state index in [0.717, 1.165) is 5.69 Å². The Balaban J connectivity index is 2.06. The molecule has 1 saturated carbocycles. The fraction of sp³-hybridized carbons (Fsp3) is 0.538. The highest BCUT2D eigenvalue weighted by Crippen LogP contribution is 2.39. The predicted octanol–water partition coefficient (Wildman–Crippen LogP) is 3.59. The minimum absolute atomic E-state index is 0.140. The van der Waals surface area contributed by atoms with Crippen LogP contribution >= 0.6 is 0 Å². The first kappa shape index (κ1) is 11.9. The molecule has 1 unspecified atom stereocenters. The molecule has 1 aromatic rings. The van der Waals surface area contributed by atoms with Crippen LogP contribution in [0.15, 0.2) is 24.3 Å². The summed E-state index contributed by atoms with van der Waals surface area (Å²) in [6, 6.07) is 7.12. The number of hydrogen-bond donors (Lipinski definition) is 1. The van der Waals surface area contributed by atoms with Crippen LogP contribution < -0.4 is 5.32 Å². The van der Waals surface area contributed by atoms with Gasteiger partial charge in [0, 0.05) is 23.9 Å². The summed E-state index contributed by atoms with van der Waals surface area (Å²) in [6.07, 6.45) is 3.65. The zero-order chi connectivity index (χ0) is 12.5. The summed E-state index contributed by atoms with van der Waals surface area (Å²) in [6.45, 7) is 4.53. The van der Waals surface area contributed by atoms with Crippen LogP contribution in [0.3, 0.4) is 0 Å². The fourth-order valence-electron chi connectivity index (χ4n) is 2.47. The van der Waals surface area contributed by atoms with Crippen molar-refractivity contribution in [1.29, 1.82) is 0 Å². The van der Waals surface area contributed by atoms with Gasteiger partial charge >= 0.3 is 0 Å². The molecule has 1 atom stereocenters. The lowest BCUT2D eigenvalue weighted by molar-refractivity contribution is -0.384. The number of benzene rings is 1. The molecule has 1 aliphatic rings. The maximum Gasteiger partial charge on any atom is 0.269 e. The van der Waals surface area contributed by atoms with E-state index in [1.807, 2.05) is 0 Å². The van der Waals surface area contributed by atoms with Gasteiger partial charge in [-0.2, -0.15) is 0 Å². The second-order valence-electron chi connectivity index (χ2n) is 5.38. The Hall–Kier alpha value is -1.58. The van der Waals surface area contributed by atoms with Crippen molar-refractivity contribution in [3.05, 3.63) is 34.4 Å². The van der Waals surface area contributed by atoms with Crippen molar-refractivity contribution in [2.24, 2.45) is 5.41 Å². The molecule has 1 aromatic carbocycles. The second-order valence-corrected chi connectivity index (χ2v) is 5.38. The number of non-ortho nitro benzene ring substituents is 1. The van der Waals surface area contributed by atoms with Gasteiger partial charge in [0.05, 0.1) is 4.92 Å². The van der Waals surface area contributed by atoms with Crippen LogP contribution in [0.25, 0.3) is 0 Å². The molecule has 1 N–H and O–H groups in total. The number of nitrogens with one attached hydrogen (secondary N) is 1. The number of rotatable bonds is 3. The summed E-state index contributed by atoms with van der Waals surface area (Å²) >= 11 is 0. The molecule has 1 fully saturated rings. The van der Waals surface area contributed by atoms with E-state index in [1.165, 1.54) is 19.3 Å². The maximum absolute atomic E-state index is 10.5. The van der Waals surface area contributed by atoms with Gasteiger partial charge in [0.1, 0.15) is 0 Å². The van der Waals surface area contributed by atoms with E-state index in [1.54, 1.807) is 24.3 Å². The number of hydrogen-bond acceptors (Lipinski definition) is 3. The Morgan fingerprint density at radius 2 is 2.00 bits per heavy atom. The monoisotopic (exact) mass is 234 g/mol. The Bertz CT molecular complexity index is 412.